The molecule has 0 heterocycles. The topological polar surface area (TPSA) is 66.4 Å². The van der Waals surface area contributed by atoms with Crippen molar-refractivity contribution in [1.82, 2.24) is 5.32 Å². The number of carboxylic acid groups (broad SMARTS) is 1. The highest BCUT2D eigenvalue weighted by molar-refractivity contribution is 7.99. The number of carbonyl (C=O) groups excluding carboxylic acids is 1. The Bertz CT molecular complexity index is 295. The Labute approximate surface area is 107 Å². The van der Waals surface area contributed by atoms with Gasteiger partial charge < -0.3 is 10.4 Å². The second-order valence-corrected chi connectivity index (χ2v) is 5.93. The highest BCUT2D eigenvalue weighted by atomic mass is 32.2. The van der Waals surface area contributed by atoms with Crippen LogP contribution in [0, 0.1) is 11.8 Å². The van der Waals surface area contributed by atoms with E-state index in [0.717, 1.165) is 19.3 Å². The number of carbonyl (C=O) groups is 2. The predicted octanol–water partition coefficient (Wildman–Crippen LogP) is 1.74. The summed E-state index contributed by atoms with van der Waals surface area (Å²) in [7, 11) is 0. The highest BCUT2D eigenvalue weighted by Crippen LogP contribution is 2.28. The summed E-state index contributed by atoms with van der Waals surface area (Å²) in [6.07, 6.45) is 5.23. The monoisotopic (exact) mass is 259 g/mol. The van der Waals surface area contributed by atoms with E-state index in [2.05, 4.69) is 11.6 Å². The van der Waals surface area contributed by atoms with Crippen LogP contribution in [0.5, 0.6) is 0 Å². The van der Waals surface area contributed by atoms with Crippen molar-refractivity contribution in [1.29, 1.82) is 0 Å². The lowest BCUT2D eigenvalue weighted by molar-refractivity contribution is -0.146. The maximum atomic E-state index is 11.9. The molecular formula is C12H21NO3S. The van der Waals surface area contributed by atoms with Crippen molar-refractivity contribution in [3.05, 3.63) is 0 Å². The average Bonchev–Trinajstić information content (AvgIpc) is 2.74. The van der Waals surface area contributed by atoms with Gasteiger partial charge in [-0.25, -0.2) is 0 Å². The van der Waals surface area contributed by atoms with Crippen LogP contribution < -0.4 is 5.32 Å². The zero-order chi connectivity index (χ0) is 13.0. The summed E-state index contributed by atoms with van der Waals surface area (Å²) in [5, 5.41) is 12.5. The number of aliphatic carboxylic acids is 1. The van der Waals surface area contributed by atoms with Crippen LogP contribution in [-0.4, -0.2) is 34.5 Å². The van der Waals surface area contributed by atoms with Crippen molar-refractivity contribution < 1.29 is 14.7 Å². The zero-order valence-electron chi connectivity index (χ0n) is 10.6. The number of carboxylic acids is 1. The minimum Gasteiger partial charge on any atom is -0.481 e. The summed E-state index contributed by atoms with van der Waals surface area (Å²) in [6, 6.07) is 0.225. The first kappa shape index (κ1) is 14.4. The maximum Gasteiger partial charge on any atom is 0.307 e. The van der Waals surface area contributed by atoms with E-state index in [1.54, 1.807) is 13.8 Å². The summed E-state index contributed by atoms with van der Waals surface area (Å²) in [4.78, 5) is 22.7. The molecule has 1 aliphatic rings. The number of nitrogens with one attached hydrogen (secondary N) is 1. The predicted molar refractivity (Wildman–Crippen MR) is 69.0 cm³/mol. The third-order valence-electron chi connectivity index (χ3n) is 3.62. The Hall–Kier alpha value is -0.710. The van der Waals surface area contributed by atoms with Gasteiger partial charge in [-0.15, -0.1) is 0 Å². The lowest BCUT2D eigenvalue weighted by Crippen LogP contribution is -2.40. The van der Waals surface area contributed by atoms with E-state index in [1.807, 2.05) is 11.8 Å². The van der Waals surface area contributed by atoms with Crippen molar-refractivity contribution in [2.75, 3.05) is 6.26 Å². The van der Waals surface area contributed by atoms with Gasteiger partial charge in [-0.1, -0.05) is 13.8 Å². The van der Waals surface area contributed by atoms with Crippen LogP contribution in [0.3, 0.4) is 0 Å². The fourth-order valence-corrected chi connectivity index (χ4v) is 2.86. The summed E-state index contributed by atoms with van der Waals surface area (Å²) in [6.45, 7) is 3.25. The van der Waals surface area contributed by atoms with Gasteiger partial charge in [-0.05, 0) is 25.5 Å². The van der Waals surface area contributed by atoms with Gasteiger partial charge in [-0.3, -0.25) is 9.59 Å². The molecule has 0 aromatic rings. The maximum absolute atomic E-state index is 11.9. The molecule has 0 radical (unpaired) electrons. The number of rotatable bonds is 5. The van der Waals surface area contributed by atoms with Crippen molar-refractivity contribution >= 4 is 23.6 Å². The molecule has 1 saturated carbocycles. The van der Waals surface area contributed by atoms with Gasteiger partial charge in [0.2, 0.25) is 5.91 Å². The number of thioether (sulfide) groups is 1. The first-order valence-corrected chi connectivity index (χ1v) is 7.30. The Kier molecular flexibility index (Phi) is 5.31. The standard InChI is InChI=1S/C12H21NO3S/c1-7(8(2)12(15)16)11(14)13-9-4-5-10(6-9)17-3/h7-10H,4-6H2,1-3H3,(H,13,14)(H,15,16). The van der Waals surface area contributed by atoms with Gasteiger partial charge in [0.15, 0.2) is 0 Å². The van der Waals surface area contributed by atoms with Gasteiger partial charge in [-0.2, -0.15) is 11.8 Å². The van der Waals surface area contributed by atoms with Crippen LogP contribution in [0.25, 0.3) is 0 Å². The van der Waals surface area contributed by atoms with Crippen molar-refractivity contribution in [3.8, 4) is 0 Å². The van der Waals surface area contributed by atoms with E-state index >= 15 is 0 Å². The van der Waals surface area contributed by atoms with E-state index in [9.17, 15) is 9.59 Å². The molecule has 0 aromatic carbocycles. The molecule has 1 amide bonds. The molecule has 2 N–H and O–H groups in total. The van der Waals surface area contributed by atoms with E-state index in [-0.39, 0.29) is 11.9 Å². The summed E-state index contributed by atoms with van der Waals surface area (Å²) in [5.41, 5.74) is 0. The Morgan fingerprint density at radius 3 is 2.41 bits per heavy atom. The summed E-state index contributed by atoms with van der Waals surface area (Å²) < 4.78 is 0. The molecule has 1 rings (SSSR count). The molecule has 0 saturated heterocycles. The second-order valence-electron chi connectivity index (χ2n) is 4.79. The van der Waals surface area contributed by atoms with E-state index in [0.29, 0.717) is 5.25 Å². The minimum atomic E-state index is -0.916. The van der Waals surface area contributed by atoms with Crippen LogP contribution in [-0.2, 0) is 9.59 Å². The Balaban J connectivity index is 2.42. The molecular weight excluding hydrogens is 238 g/mol. The molecule has 0 aliphatic heterocycles. The van der Waals surface area contributed by atoms with E-state index in [1.165, 1.54) is 0 Å². The third-order valence-corrected chi connectivity index (χ3v) is 4.71. The smallest absolute Gasteiger partial charge is 0.307 e. The normalized spacial score (nSPS) is 27.5. The zero-order valence-corrected chi connectivity index (χ0v) is 11.4. The largest absolute Gasteiger partial charge is 0.481 e. The molecule has 4 atom stereocenters. The van der Waals surface area contributed by atoms with Crippen LogP contribution in [0.2, 0.25) is 0 Å². The molecule has 5 heteroatoms. The molecule has 0 aromatic heterocycles. The minimum absolute atomic E-state index is 0.133. The van der Waals surface area contributed by atoms with Crippen molar-refractivity contribution in [3.63, 3.8) is 0 Å². The Morgan fingerprint density at radius 1 is 1.29 bits per heavy atom. The summed E-state index contributed by atoms with van der Waals surface area (Å²) in [5.74, 6) is -2.15. The molecule has 17 heavy (non-hydrogen) atoms. The molecule has 0 spiro atoms. The molecule has 0 bridgehead atoms. The molecule has 1 aliphatic carbocycles. The quantitative estimate of drug-likeness (QED) is 0.789. The van der Waals surface area contributed by atoms with Crippen LogP contribution in [0.4, 0.5) is 0 Å². The molecule has 1 fully saturated rings. The fraction of sp³-hybridized carbons (Fsp3) is 0.833. The lowest BCUT2D eigenvalue weighted by atomic mass is 9.95. The van der Waals surface area contributed by atoms with Gasteiger partial charge >= 0.3 is 5.97 Å². The number of hydrogen-bond acceptors (Lipinski definition) is 3. The van der Waals surface area contributed by atoms with Crippen LogP contribution >= 0.6 is 11.8 Å². The van der Waals surface area contributed by atoms with Crippen LogP contribution in [0.1, 0.15) is 33.1 Å². The van der Waals surface area contributed by atoms with Gasteiger partial charge in [0, 0.05) is 17.2 Å². The average molecular weight is 259 g/mol. The third kappa shape index (κ3) is 3.91. The lowest BCUT2D eigenvalue weighted by Gasteiger charge is -2.19. The SMILES string of the molecule is CSC1CCC(NC(=O)C(C)C(C)C(=O)O)C1. The molecule has 4 nitrogen and oxygen atoms in total. The first-order chi connectivity index (χ1) is 7.95. The number of hydrogen-bond donors (Lipinski definition) is 2. The second kappa shape index (κ2) is 6.28. The fourth-order valence-electron chi connectivity index (χ4n) is 2.06. The number of amides is 1. The van der Waals surface area contributed by atoms with Gasteiger partial charge in [0.1, 0.15) is 0 Å². The van der Waals surface area contributed by atoms with Gasteiger partial charge in [0.25, 0.3) is 0 Å². The van der Waals surface area contributed by atoms with E-state index in [4.69, 9.17) is 5.11 Å². The molecule has 4 unspecified atom stereocenters. The van der Waals surface area contributed by atoms with Crippen LogP contribution in [0.15, 0.2) is 0 Å². The first-order valence-electron chi connectivity index (χ1n) is 6.01. The Morgan fingerprint density at radius 2 is 1.94 bits per heavy atom. The van der Waals surface area contributed by atoms with E-state index < -0.39 is 17.8 Å². The highest BCUT2D eigenvalue weighted by Gasteiger charge is 2.30. The molecule has 98 valence electrons. The van der Waals surface area contributed by atoms with Crippen molar-refractivity contribution in [2.24, 2.45) is 11.8 Å². The van der Waals surface area contributed by atoms with Crippen molar-refractivity contribution in [2.45, 2.75) is 44.4 Å². The van der Waals surface area contributed by atoms with Gasteiger partial charge in [0.05, 0.1) is 5.92 Å². The summed E-state index contributed by atoms with van der Waals surface area (Å²) >= 11 is 1.84.